The van der Waals surface area contributed by atoms with Gasteiger partial charge in [0.05, 0.1) is 31.8 Å². The molecule has 0 aliphatic carbocycles. The summed E-state index contributed by atoms with van der Waals surface area (Å²) in [4.78, 5) is 12.3. The molecule has 0 bridgehead atoms. The van der Waals surface area contributed by atoms with Gasteiger partial charge in [0.25, 0.3) is 0 Å². The molecule has 2 saturated heterocycles. The smallest absolute Gasteiger partial charge is 0.222 e. The Hall–Kier alpha value is -1.79. The Morgan fingerprint density at radius 2 is 1.16 bits per heavy atom. The molecule has 216 valence electrons. The van der Waals surface area contributed by atoms with Crippen molar-refractivity contribution >= 4 is 5.91 Å². The maximum atomic E-state index is 12.3. The number of ether oxygens (including phenoxy) is 2. The molecule has 0 radical (unpaired) electrons. The molecule has 0 aromatic heterocycles. The first-order valence-corrected chi connectivity index (χ1v) is 12.4. The second kappa shape index (κ2) is 14.0. The van der Waals surface area contributed by atoms with Gasteiger partial charge in [-0.2, -0.15) is 0 Å². The third kappa shape index (κ3) is 7.65. The highest BCUT2D eigenvalue weighted by Gasteiger charge is 2.44. The number of amides is 1. The van der Waals surface area contributed by atoms with Gasteiger partial charge in [0.1, 0.15) is 55.1 Å². The summed E-state index contributed by atoms with van der Waals surface area (Å²) < 4.78 is 10.7. The summed E-state index contributed by atoms with van der Waals surface area (Å²) in [5.74, 6) is -0.462. The molecule has 2 heterocycles. The molecule has 2 aliphatic rings. The van der Waals surface area contributed by atoms with Crippen LogP contribution < -0.4 is 10.6 Å². The van der Waals surface area contributed by atoms with Crippen molar-refractivity contribution in [2.75, 3.05) is 13.2 Å². The lowest BCUT2D eigenvalue weighted by atomic mass is 9.93. The van der Waals surface area contributed by atoms with Crippen LogP contribution in [0.3, 0.4) is 0 Å². The molecule has 2 aliphatic heterocycles. The van der Waals surface area contributed by atoms with Crippen molar-refractivity contribution in [1.82, 2.24) is 10.6 Å². The van der Waals surface area contributed by atoms with E-state index in [1.807, 2.05) is 0 Å². The zero-order valence-electron chi connectivity index (χ0n) is 20.7. The van der Waals surface area contributed by atoms with E-state index in [-0.39, 0.29) is 25.9 Å². The lowest BCUT2D eigenvalue weighted by molar-refractivity contribution is -0.234. The first-order chi connectivity index (χ1) is 18.0. The van der Waals surface area contributed by atoms with Crippen molar-refractivity contribution in [2.24, 2.45) is 0 Å². The van der Waals surface area contributed by atoms with Gasteiger partial charge in [0, 0.05) is 19.5 Å². The van der Waals surface area contributed by atoms with E-state index in [2.05, 4.69) is 10.6 Å². The molecule has 14 nitrogen and oxygen atoms in total. The SMILES string of the molecule is O=C(C[C@H]1O[C@H](CO)[C@@H](O)[C@H](O)[C@@H]1O)NCc1ccc(CNC(O)C[C@H]2O[C@H](CO)[C@@H](O)[C@H](O)[C@@H]2O)cc1. The van der Waals surface area contributed by atoms with Crippen LogP contribution in [-0.2, 0) is 27.4 Å². The van der Waals surface area contributed by atoms with Crippen molar-refractivity contribution in [1.29, 1.82) is 0 Å². The molecule has 14 heteroatoms. The first kappa shape index (κ1) is 30.7. The molecular weight excluding hydrogens is 508 g/mol. The maximum absolute atomic E-state index is 12.3. The van der Waals surface area contributed by atoms with E-state index in [1.165, 1.54) is 0 Å². The zero-order chi connectivity index (χ0) is 28.0. The van der Waals surface area contributed by atoms with Gasteiger partial charge < -0.3 is 60.7 Å². The van der Waals surface area contributed by atoms with Crippen molar-refractivity contribution in [3.8, 4) is 0 Å². The average molecular weight is 547 g/mol. The third-order valence-corrected chi connectivity index (χ3v) is 6.88. The van der Waals surface area contributed by atoms with E-state index in [0.29, 0.717) is 0 Å². The fraction of sp³-hybridized carbons (Fsp3) is 0.708. The second-order valence-electron chi connectivity index (χ2n) is 9.66. The van der Waals surface area contributed by atoms with Crippen molar-refractivity contribution in [3.63, 3.8) is 0 Å². The molecule has 11 N–H and O–H groups in total. The van der Waals surface area contributed by atoms with Crippen LogP contribution in [0.25, 0.3) is 0 Å². The minimum atomic E-state index is -1.55. The van der Waals surface area contributed by atoms with Gasteiger partial charge in [-0.25, -0.2) is 0 Å². The first-order valence-electron chi connectivity index (χ1n) is 12.4. The molecule has 11 atom stereocenters. The lowest BCUT2D eigenvalue weighted by Gasteiger charge is -2.40. The Bertz CT molecular complexity index is 872. The van der Waals surface area contributed by atoms with Crippen LogP contribution >= 0.6 is 0 Å². The van der Waals surface area contributed by atoms with E-state index in [9.17, 15) is 50.8 Å². The summed E-state index contributed by atoms with van der Waals surface area (Å²) in [7, 11) is 0. The molecule has 38 heavy (non-hydrogen) atoms. The maximum Gasteiger partial charge on any atom is 0.222 e. The average Bonchev–Trinajstić information content (AvgIpc) is 2.91. The molecule has 0 saturated carbocycles. The predicted octanol–water partition coefficient (Wildman–Crippen LogP) is -4.82. The summed E-state index contributed by atoms with van der Waals surface area (Å²) in [6.07, 6.45) is -14.6. The van der Waals surface area contributed by atoms with Gasteiger partial charge in [-0.05, 0) is 11.1 Å². The van der Waals surface area contributed by atoms with Gasteiger partial charge in [-0.3, -0.25) is 10.1 Å². The summed E-state index contributed by atoms with van der Waals surface area (Å²) in [6.45, 7) is -0.702. The van der Waals surface area contributed by atoms with Crippen LogP contribution in [0.2, 0.25) is 0 Å². The summed E-state index contributed by atoms with van der Waals surface area (Å²) in [5.41, 5.74) is 1.56. The normalized spacial score (nSPS) is 36.6. The molecule has 1 aromatic carbocycles. The van der Waals surface area contributed by atoms with Gasteiger partial charge in [-0.1, -0.05) is 24.3 Å². The topological polar surface area (TPSA) is 242 Å². The van der Waals surface area contributed by atoms with Crippen LogP contribution in [-0.4, -0.2) is 132 Å². The van der Waals surface area contributed by atoms with Crippen LogP contribution in [0, 0.1) is 0 Å². The van der Waals surface area contributed by atoms with Crippen LogP contribution in [0.4, 0.5) is 0 Å². The summed E-state index contributed by atoms with van der Waals surface area (Å²) in [6, 6.07) is 7.06. The lowest BCUT2D eigenvalue weighted by Crippen LogP contribution is -2.59. The molecule has 3 rings (SSSR count). The Morgan fingerprint density at radius 1 is 0.711 bits per heavy atom. The van der Waals surface area contributed by atoms with E-state index in [0.717, 1.165) is 11.1 Å². The quantitative estimate of drug-likeness (QED) is 0.117. The Labute approximate surface area is 219 Å². The molecule has 1 aromatic rings. The number of aliphatic hydroxyl groups is 9. The molecule has 1 amide bonds. The molecule has 0 spiro atoms. The van der Waals surface area contributed by atoms with E-state index < -0.39 is 86.4 Å². The van der Waals surface area contributed by atoms with Crippen LogP contribution in [0.1, 0.15) is 24.0 Å². The predicted molar refractivity (Wildman–Crippen MR) is 128 cm³/mol. The standard InChI is InChI=1S/C24H38N2O12/c27-9-15-21(33)23(35)19(31)13(37-15)5-17(29)25-7-11-1-2-12(4-3-11)8-26-18(30)6-14-20(32)24(36)22(34)16(10-28)38-14/h1-4,13-17,19-25,27-29,31-36H,5-10H2,(H,26,30)/t13-,14-,15-,16-,17?,19-,20-,21-,22-,23-,24-/m1/s1. The summed E-state index contributed by atoms with van der Waals surface area (Å²) in [5, 5.41) is 93.8. The highest BCUT2D eigenvalue weighted by atomic mass is 16.6. The highest BCUT2D eigenvalue weighted by Crippen LogP contribution is 2.24. The number of aliphatic hydroxyl groups excluding tert-OH is 9. The number of hydrogen-bond donors (Lipinski definition) is 11. The Balaban J connectivity index is 1.41. The van der Waals surface area contributed by atoms with Gasteiger partial charge in [0.15, 0.2) is 0 Å². The minimum Gasteiger partial charge on any atom is -0.394 e. The van der Waals surface area contributed by atoms with Gasteiger partial charge in [-0.15, -0.1) is 0 Å². The van der Waals surface area contributed by atoms with Gasteiger partial charge >= 0.3 is 0 Å². The van der Waals surface area contributed by atoms with Crippen LogP contribution in [0.15, 0.2) is 24.3 Å². The fourth-order valence-corrected chi connectivity index (χ4v) is 4.49. The van der Waals surface area contributed by atoms with Crippen molar-refractivity contribution in [2.45, 2.75) is 93.2 Å². The summed E-state index contributed by atoms with van der Waals surface area (Å²) >= 11 is 0. The van der Waals surface area contributed by atoms with E-state index in [4.69, 9.17) is 9.47 Å². The largest absolute Gasteiger partial charge is 0.394 e. The van der Waals surface area contributed by atoms with Crippen molar-refractivity contribution in [3.05, 3.63) is 35.4 Å². The Morgan fingerprint density at radius 3 is 1.68 bits per heavy atom. The highest BCUT2D eigenvalue weighted by molar-refractivity contribution is 5.76. The number of benzene rings is 1. The number of rotatable bonds is 11. The van der Waals surface area contributed by atoms with Gasteiger partial charge in [0.2, 0.25) is 5.91 Å². The monoisotopic (exact) mass is 546 g/mol. The minimum absolute atomic E-state index is 0.0972. The number of carbonyl (C=O) groups excluding carboxylic acids is 1. The fourth-order valence-electron chi connectivity index (χ4n) is 4.49. The Kier molecular flexibility index (Phi) is 11.3. The molecule has 1 unspecified atom stereocenters. The van der Waals surface area contributed by atoms with Crippen molar-refractivity contribution < 1.29 is 60.2 Å². The number of carbonyl (C=O) groups is 1. The van der Waals surface area contributed by atoms with E-state index >= 15 is 0 Å². The number of nitrogens with one attached hydrogen (secondary N) is 2. The van der Waals surface area contributed by atoms with Crippen LogP contribution in [0.5, 0.6) is 0 Å². The molecule has 2 fully saturated rings. The number of hydrogen-bond acceptors (Lipinski definition) is 13. The second-order valence-corrected chi connectivity index (χ2v) is 9.66. The van der Waals surface area contributed by atoms with E-state index in [1.54, 1.807) is 24.3 Å². The third-order valence-electron chi connectivity index (χ3n) is 6.88. The molecular formula is C24H38N2O12. The zero-order valence-corrected chi connectivity index (χ0v) is 20.7.